The summed E-state index contributed by atoms with van der Waals surface area (Å²) in [7, 11) is 2.01. The number of imidazole rings is 1. The van der Waals surface area contributed by atoms with Crippen molar-refractivity contribution in [3.63, 3.8) is 0 Å². The predicted molar refractivity (Wildman–Crippen MR) is 85.3 cm³/mol. The molecule has 1 unspecified atom stereocenters. The minimum Gasteiger partial charge on any atom is -0.334 e. The van der Waals surface area contributed by atoms with Gasteiger partial charge in [-0.1, -0.05) is 6.92 Å². The lowest BCUT2D eigenvalue weighted by molar-refractivity contribution is 0.468. The molecule has 116 valence electrons. The fourth-order valence-corrected chi connectivity index (χ4v) is 2.94. The Kier molecular flexibility index (Phi) is 5.17. The van der Waals surface area contributed by atoms with Gasteiger partial charge in [0.15, 0.2) is 0 Å². The van der Waals surface area contributed by atoms with Crippen LogP contribution in [-0.4, -0.2) is 25.9 Å². The number of aryl methyl sites for hydroxylation is 3. The quantitative estimate of drug-likeness (QED) is 0.852. The summed E-state index contributed by atoms with van der Waals surface area (Å²) in [6.45, 7) is 10.5. The van der Waals surface area contributed by atoms with Gasteiger partial charge in [-0.2, -0.15) is 5.10 Å². The van der Waals surface area contributed by atoms with Crippen LogP contribution in [0.5, 0.6) is 0 Å². The van der Waals surface area contributed by atoms with Gasteiger partial charge in [-0.25, -0.2) is 4.98 Å². The maximum atomic E-state index is 4.55. The summed E-state index contributed by atoms with van der Waals surface area (Å²) < 4.78 is 4.19. The van der Waals surface area contributed by atoms with Gasteiger partial charge in [-0.15, -0.1) is 0 Å². The van der Waals surface area contributed by atoms with E-state index in [-0.39, 0.29) is 0 Å². The molecule has 2 rings (SSSR count). The standard InChI is InChI=1S/C16H27N5/c1-6-17-15(16-18-10-11-21(16)7-2)9-8-14-12(3)19-20(5)13(14)4/h10-11,15,17H,6-9H2,1-5H3. The van der Waals surface area contributed by atoms with Crippen LogP contribution < -0.4 is 5.32 Å². The normalized spacial score (nSPS) is 12.8. The molecule has 0 aliphatic rings. The van der Waals surface area contributed by atoms with E-state index in [0.29, 0.717) is 6.04 Å². The van der Waals surface area contributed by atoms with Gasteiger partial charge in [-0.3, -0.25) is 4.68 Å². The molecular weight excluding hydrogens is 262 g/mol. The largest absolute Gasteiger partial charge is 0.334 e. The fourth-order valence-electron chi connectivity index (χ4n) is 2.94. The Morgan fingerprint density at radius 3 is 2.62 bits per heavy atom. The highest BCUT2D eigenvalue weighted by molar-refractivity contribution is 5.24. The van der Waals surface area contributed by atoms with E-state index in [4.69, 9.17) is 0 Å². The average Bonchev–Trinajstić information content (AvgIpc) is 3.02. The molecule has 0 bridgehead atoms. The Bertz CT molecular complexity index is 582. The van der Waals surface area contributed by atoms with Gasteiger partial charge in [0.1, 0.15) is 5.82 Å². The molecule has 5 nitrogen and oxygen atoms in total. The minimum atomic E-state index is 0.295. The maximum Gasteiger partial charge on any atom is 0.125 e. The van der Waals surface area contributed by atoms with Gasteiger partial charge >= 0.3 is 0 Å². The van der Waals surface area contributed by atoms with Gasteiger partial charge in [0.05, 0.1) is 11.7 Å². The van der Waals surface area contributed by atoms with E-state index >= 15 is 0 Å². The van der Waals surface area contributed by atoms with Crippen LogP contribution in [0.1, 0.15) is 49.1 Å². The third-order valence-corrected chi connectivity index (χ3v) is 4.19. The Morgan fingerprint density at radius 1 is 1.29 bits per heavy atom. The zero-order valence-electron chi connectivity index (χ0n) is 13.8. The van der Waals surface area contributed by atoms with Crippen LogP contribution in [0.2, 0.25) is 0 Å². The van der Waals surface area contributed by atoms with E-state index < -0.39 is 0 Å². The van der Waals surface area contributed by atoms with Crippen LogP contribution in [0.15, 0.2) is 12.4 Å². The van der Waals surface area contributed by atoms with Crippen molar-refractivity contribution in [2.75, 3.05) is 6.54 Å². The molecule has 0 radical (unpaired) electrons. The van der Waals surface area contributed by atoms with Gasteiger partial charge in [0.2, 0.25) is 0 Å². The molecule has 2 aromatic heterocycles. The van der Waals surface area contributed by atoms with Crippen LogP contribution in [0.25, 0.3) is 0 Å². The zero-order chi connectivity index (χ0) is 15.4. The molecule has 0 aliphatic carbocycles. The summed E-state index contributed by atoms with van der Waals surface area (Å²) in [5, 5.41) is 8.07. The molecule has 2 aromatic rings. The van der Waals surface area contributed by atoms with Crippen molar-refractivity contribution in [1.29, 1.82) is 0 Å². The highest BCUT2D eigenvalue weighted by atomic mass is 15.3. The molecule has 1 atom stereocenters. The van der Waals surface area contributed by atoms with Crippen LogP contribution in [0.3, 0.4) is 0 Å². The Morgan fingerprint density at radius 2 is 2.05 bits per heavy atom. The van der Waals surface area contributed by atoms with E-state index in [1.807, 2.05) is 17.9 Å². The van der Waals surface area contributed by atoms with E-state index in [1.54, 1.807) is 0 Å². The summed E-state index contributed by atoms with van der Waals surface area (Å²) in [6.07, 6.45) is 6.02. The fraction of sp³-hybridized carbons (Fsp3) is 0.625. The average molecular weight is 289 g/mol. The van der Waals surface area contributed by atoms with Gasteiger partial charge < -0.3 is 9.88 Å². The number of hydrogen-bond acceptors (Lipinski definition) is 3. The number of rotatable bonds is 7. The van der Waals surface area contributed by atoms with Crippen molar-refractivity contribution in [3.8, 4) is 0 Å². The molecule has 21 heavy (non-hydrogen) atoms. The van der Waals surface area contributed by atoms with E-state index in [0.717, 1.165) is 37.4 Å². The highest BCUT2D eigenvalue weighted by Crippen LogP contribution is 2.21. The Balaban J connectivity index is 2.14. The topological polar surface area (TPSA) is 47.7 Å². The van der Waals surface area contributed by atoms with Crippen molar-refractivity contribution >= 4 is 0 Å². The van der Waals surface area contributed by atoms with Crippen LogP contribution >= 0.6 is 0 Å². The minimum absolute atomic E-state index is 0.295. The maximum absolute atomic E-state index is 4.55. The molecular formula is C16H27N5. The first-order valence-corrected chi connectivity index (χ1v) is 7.81. The Labute approximate surface area is 127 Å². The summed E-state index contributed by atoms with van der Waals surface area (Å²) in [5.74, 6) is 1.14. The monoisotopic (exact) mass is 289 g/mol. The molecule has 0 aromatic carbocycles. The molecule has 0 saturated carbocycles. The lowest BCUT2D eigenvalue weighted by atomic mass is 10.0. The summed E-state index contributed by atoms with van der Waals surface area (Å²) in [4.78, 5) is 4.55. The van der Waals surface area contributed by atoms with Crippen LogP contribution in [-0.2, 0) is 20.0 Å². The lowest BCUT2D eigenvalue weighted by Crippen LogP contribution is -2.25. The summed E-state index contributed by atoms with van der Waals surface area (Å²) in [6, 6.07) is 0.295. The molecule has 0 aliphatic heterocycles. The predicted octanol–water partition coefficient (Wildman–Crippen LogP) is 2.54. The summed E-state index contributed by atoms with van der Waals surface area (Å²) in [5.41, 5.74) is 3.78. The second-order valence-corrected chi connectivity index (χ2v) is 5.49. The van der Waals surface area contributed by atoms with E-state index in [2.05, 4.69) is 53.9 Å². The lowest BCUT2D eigenvalue weighted by Gasteiger charge is -2.18. The molecule has 2 heterocycles. The first-order valence-electron chi connectivity index (χ1n) is 7.81. The molecule has 0 spiro atoms. The number of aromatic nitrogens is 4. The van der Waals surface area contributed by atoms with Crippen LogP contribution in [0, 0.1) is 13.8 Å². The molecule has 0 amide bonds. The number of nitrogens with zero attached hydrogens (tertiary/aromatic N) is 4. The zero-order valence-corrected chi connectivity index (χ0v) is 13.8. The number of nitrogens with one attached hydrogen (secondary N) is 1. The van der Waals surface area contributed by atoms with Crippen molar-refractivity contribution in [3.05, 3.63) is 35.2 Å². The SMILES string of the molecule is CCNC(CCc1c(C)nn(C)c1C)c1nccn1CC. The number of hydrogen-bond donors (Lipinski definition) is 1. The molecule has 5 heteroatoms. The van der Waals surface area contributed by atoms with Crippen molar-refractivity contribution < 1.29 is 0 Å². The second kappa shape index (κ2) is 6.89. The molecule has 0 fully saturated rings. The van der Waals surface area contributed by atoms with Crippen LogP contribution in [0.4, 0.5) is 0 Å². The van der Waals surface area contributed by atoms with E-state index in [1.165, 1.54) is 11.3 Å². The third-order valence-electron chi connectivity index (χ3n) is 4.19. The molecule has 0 saturated heterocycles. The highest BCUT2D eigenvalue weighted by Gasteiger charge is 2.17. The smallest absolute Gasteiger partial charge is 0.125 e. The van der Waals surface area contributed by atoms with E-state index in [9.17, 15) is 0 Å². The second-order valence-electron chi connectivity index (χ2n) is 5.49. The first kappa shape index (κ1) is 15.8. The van der Waals surface area contributed by atoms with Gasteiger partial charge in [-0.05, 0) is 45.7 Å². The van der Waals surface area contributed by atoms with Crippen molar-refractivity contribution in [2.45, 2.75) is 53.1 Å². The Hall–Kier alpha value is -1.62. The summed E-state index contributed by atoms with van der Waals surface area (Å²) >= 11 is 0. The van der Waals surface area contributed by atoms with Gasteiger partial charge in [0, 0.05) is 31.7 Å². The first-order chi connectivity index (χ1) is 10.1. The van der Waals surface area contributed by atoms with Crippen molar-refractivity contribution in [2.24, 2.45) is 7.05 Å². The van der Waals surface area contributed by atoms with Crippen molar-refractivity contribution in [1.82, 2.24) is 24.6 Å². The third kappa shape index (κ3) is 3.35. The van der Waals surface area contributed by atoms with Gasteiger partial charge in [0.25, 0.3) is 0 Å². The molecule has 1 N–H and O–H groups in total.